The Labute approximate surface area is 169 Å². The van der Waals surface area contributed by atoms with Crippen molar-refractivity contribution >= 4 is 15.9 Å². The van der Waals surface area contributed by atoms with E-state index in [4.69, 9.17) is 0 Å². The van der Waals surface area contributed by atoms with Crippen molar-refractivity contribution in [3.63, 3.8) is 0 Å². The minimum absolute atomic E-state index is 0.104. The molecule has 0 bridgehead atoms. The van der Waals surface area contributed by atoms with E-state index in [0.29, 0.717) is 18.7 Å². The number of nitrogens with zero attached hydrogens (tertiary/aromatic N) is 1. The number of amides is 1. The summed E-state index contributed by atoms with van der Waals surface area (Å²) >= 11 is 0. The summed E-state index contributed by atoms with van der Waals surface area (Å²) in [5.74, 6) is -1.98. The number of carbonyl (C=O) groups is 1. The van der Waals surface area contributed by atoms with Crippen LogP contribution in [-0.4, -0.2) is 31.7 Å². The zero-order valence-corrected chi connectivity index (χ0v) is 17.2. The maximum absolute atomic E-state index is 14.0. The molecule has 1 fully saturated rings. The largest absolute Gasteiger partial charge is 0.345 e. The fourth-order valence-corrected chi connectivity index (χ4v) is 5.24. The second kappa shape index (κ2) is 8.59. The van der Waals surface area contributed by atoms with Crippen LogP contribution in [0.2, 0.25) is 0 Å². The molecule has 0 unspecified atom stereocenters. The lowest BCUT2D eigenvalue weighted by Crippen LogP contribution is -2.36. The number of rotatable bonds is 5. The highest BCUT2D eigenvalue weighted by molar-refractivity contribution is 7.89. The molecule has 1 atom stereocenters. The van der Waals surface area contributed by atoms with Gasteiger partial charge in [-0.1, -0.05) is 18.6 Å². The van der Waals surface area contributed by atoms with Crippen molar-refractivity contribution in [2.75, 3.05) is 13.1 Å². The van der Waals surface area contributed by atoms with Crippen LogP contribution in [0.5, 0.6) is 0 Å². The molecule has 0 spiro atoms. The van der Waals surface area contributed by atoms with Crippen LogP contribution in [0.25, 0.3) is 0 Å². The molecule has 0 aromatic heterocycles. The monoisotopic (exact) mass is 422 g/mol. The van der Waals surface area contributed by atoms with Crippen molar-refractivity contribution in [3.8, 4) is 0 Å². The van der Waals surface area contributed by atoms with Crippen molar-refractivity contribution in [3.05, 3.63) is 64.7 Å². The summed E-state index contributed by atoms with van der Waals surface area (Å²) in [5, 5.41) is 2.64. The SMILES string of the molecule is Cc1ccc(C(=O)N[C@@H](C)c2ccc(F)cc2F)cc1S(=O)(=O)N1CCCCC1. The molecule has 1 N–H and O–H groups in total. The molecule has 0 saturated carbocycles. The Kier molecular flexibility index (Phi) is 6.33. The maximum atomic E-state index is 14.0. The summed E-state index contributed by atoms with van der Waals surface area (Å²) in [7, 11) is -3.69. The predicted octanol–water partition coefficient (Wildman–Crippen LogP) is 3.94. The molecule has 8 heteroatoms. The molecule has 0 radical (unpaired) electrons. The van der Waals surface area contributed by atoms with Crippen LogP contribution in [-0.2, 0) is 10.0 Å². The summed E-state index contributed by atoms with van der Waals surface area (Å²) in [6, 6.07) is 6.93. The first-order valence-electron chi connectivity index (χ1n) is 9.57. The lowest BCUT2D eigenvalue weighted by atomic mass is 10.1. The number of hydrogen-bond acceptors (Lipinski definition) is 3. The summed E-state index contributed by atoms with van der Waals surface area (Å²) < 4.78 is 54.5. The van der Waals surface area contributed by atoms with Crippen molar-refractivity contribution < 1.29 is 22.0 Å². The summed E-state index contributed by atoms with van der Waals surface area (Å²) in [4.78, 5) is 12.8. The van der Waals surface area contributed by atoms with Gasteiger partial charge in [0.25, 0.3) is 5.91 Å². The molecular formula is C21H24F2N2O3S. The number of carbonyl (C=O) groups excluding carboxylic acids is 1. The molecule has 1 heterocycles. The van der Waals surface area contributed by atoms with Crippen LogP contribution in [0.15, 0.2) is 41.3 Å². The van der Waals surface area contributed by atoms with E-state index in [2.05, 4.69) is 5.32 Å². The average Bonchev–Trinajstić information content (AvgIpc) is 2.68. The Morgan fingerprint density at radius 1 is 1.07 bits per heavy atom. The molecule has 3 rings (SSSR count). The number of sulfonamides is 1. The number of halogens is 2. The van der Waals surface area contributed by atoms with E-state index < -0.39 is 33.6 Å². The van der Waals surface area contributed by atoms with Crippen molar-refractivity contribution in [2.45, 2.75) is 44.0 Å². The Morgan fingerprint density at radius 2 is 1.76 bits per heavy atom. The number of nitrogens with one attached hydrogen (secondary N) is 1. The second-order valence-electron chi connectivity index (χ2n) is 7.31. The molecule has 1 aliphatic rings. The third-order valence-electron chi connectivity index (χ3n) is 5.16. The fourth-order valence-electron chi connectivity index (χ4n) is 3.47. The molecule has 2 aromatic rings. The quantitative estimate of drug-likeness (QED) is 0.794. The van der Waals surface area contributed by atoms with Crippen LogP contribution < -0.4 is 5.32 Å². The molecule has 1 saturated heterocycles. The van der Waals surface area contributed by atoms with E-state index in [0.717, 1.165) is 31.4 Å². The lowest BCUT2D eigenvalue weighted by Gasteiger charge is -2.26. The summed E-state index contributed by atoms with van der Waals surface area (Å²) in [6.45, 7) is 4.21. The van der Waals surface area contributed by atoms with Crippen LogP contribution in [0.3, 0.4) is 0 Å². The molecule has 29 heavy (non-hydrogen) atoms. The van der Waals surface area contributed by atoms with Crippen LogP contribution in [0.1, 0.15) is 53.7 Å². The van der Waals surface area contributed by atoms with E-state index in [1.54, 1.807) is 19.9 Å². The molecule has 0 aliphatic carbocycles. The average molecular weight is 422 g/mol. The van der Waals surface area contributed by atoms with Gasteiger partial charge in [-0.2, -0.15) is 4.31 Å². The van der Waals surface area contributed by atoms with Gasteiger partial charge in [-0.3, -0.25) is 4.79 Å². The van der Waals surface area contributed by atoms with Gasteiger partial charge in [0.15, 0.2) is 0 Å². The third kappa shape index (κ3) is 4.64. The van der Waals surface area contributed by atoms with Gasteiger partial charge in [0, 0.05) is 30.3 Å². The van der Waals surface area contributed by atoms with Crippen LogP contribution in [0.4, 0.5) is 8.78 Å². The minimum atomic E-state index is -3.69. The Hall–Kier alpha value is -2.32. The van der Waals surface area contributed by atoms with Crippen molar-refractivity contribution in [1.29, 1.82) is 0 Å². The number of benzene rings is 2. The number of hydrogen-bond donors (Lipinski definition) is 1. The molecule has 156 valence electrons. The Bertz CT molecular complexity index is 1020. The van der Waals surface area contributed by atoms with Gasteiger partial charge >= 0.3 is 0 Å². The zero-order chi connectivity index (χ0) is 21.2. The van der Waals surface area contributed by atoms with Crippen LogP contribution >= 0.6 is 0 Å². The molecular weight excluding hydrogens is 398 g/mol. The minimum Gasteiger partial charge on any atom is -0.345 e. The van der Waals surface area contributed by atoms with Crippen molar-refractivity contribution in [1.82, 2.24) is 9.62 Å². The normalized spacial score (nSPS) is 16.4. The van der Waals surface area contributed by atoms with Gasteiger partial charge in [-0.15, -0.1) is 0 Å². The third-order valence-corrected chi connectivity index (χ3v) is 7.20. The van der Waals surface area contributed by atoms with Crippen molar-refractivity contribution in [2.24, 2.45) is 0 Å². The van der Waals surface area contributed by atoms with E-state index in [-0.39, 0.29) is 16.0 Å². The fraction of sp³-hybridized carbons (Fsp3) is 0.381. The lowest BCUT2D eigenvalue weighted by molar-refractivity contribution is 0.0939. The Morgan fingerprint density at radius 3 is 2.41 bits per heavy atom. The maximum Gasteiger partial charge on any atom is 0.251 e. The molecule has 5 nitrogen and oxygen atoms in total. The van der Waals surface area contributed by atoms with Gasteiger partial charge < -0.3 is 5.32 Å². The zero-order valence-electron chi connectivity index (χ0n) is 16.4. The highest BCUT2D eigenvalue weighted by atomic mass is 32.2. The summed E-state index contributed by atoms with van der Waals surface area (Å²) in [5.41, 5.74) is 0.873. The van der Waals surface area contributed by atoms with Gasteiger partial charge in [0.1, 0.15) is 11.6 Å². The number of piperidine rings is 1. The second-order valence-corrected chi connectivity index (χ2v) is 9.21. The number of aryl methyl sites for hydroxylation is 1. The van der Waals surface area contributed by atoms with E-state index in [1.165, 1.54) is 22.5 Å². The first kappa shape index (κ1) is 21.4. The van der Waals surface area contributed by atoms with E-state index >= 15 is 0 Å². The summed E-state index contributed by atoms with van der Waals surface area (Å²) in [6.07, 6.45) is 2.64. The predicted molar refractivity (Wildman–Crippen MR) is 106 cm³/mol. The van der Waals surface area contributed by atoms with E-state index in [1.807, 2.05) is 0 Å². The Balaban J connectivity index is 1.84. The first-order valence-corrected chi connectivity index (χ1v) is 11.0. The molecule has 1 aliphatic heterocycles. The topological polar surface area (TPSA) is 66.5 Å². The van der Waals surface area contributed by atoms with E-state index in [9.17, 15) is 22.0 Å². The highest BCUT2D eigenvalue weighted by Gasteiger charge is 2.28. The van der Waals surface area contributed by atoms with Gasteiger partial charge in [-0.25, -0.2) is 17.2 Å². The highest BCUT2D eigenvalue weighted by Crippen LogP contribution is 2.25. The standard InChI is InChI=1S/C21H24F2N2O3S/c1-14-6-7-16(12-20(14)29(27,28)25-10-4-3-5-11-25)21(26)24-15(2)18-9-8-17(22)13-19(18)23/h6-9,12-13,15H,3-5,10-11H2,1-2H3,(H,24,26)/t15-/m0/s1. The smallest absolute Gasteiger partial charge is 0.251 e. The van der Waals surface area contributed by atoms with Gasteiger partial charge in [0.2, 0.25) is 10.0 Å². The van der Waals surface area contributed by atoms with Gasteiger partial charge in [0.05, 0.1) is 10.9 Å². The van der Waals surface area contributed by atoms with Crippen LogP contribution in [0, 0.1) is 18.6 Å². The first-order chi connectivity index (χ1) is 13.7. The van der Waals surface area contributed by atoms with Gasteiger partial charge in [-0.05, 0) is 50.5 Å². The molecule has 2 aromatic carbocycles. The molecule has 1 amide bonds.